The molecule has 6 heteroatoms. The first-order valence-electron chi connectivity index (χ1n) is 8.20. The van der Waals surface area contributed by atoms with E-state index in [1.54, 1.807) is 37.4 Å². The number of Topliss-reactive ketones (excluding diaryl/α,β-unsaturated/α-hetero) is 1. The van der Waals surface area contributed by atoms with E-state index < -0.39 is 6.10 Å². The fraction of sp³-hybridized carbons (Fsp3) is 0.200. The van der Waals surface area contributed by atoms with Crippen LogP contribution in [-0.2, 0) is 6.54 Å². The van der Waals surface area contributed by atoms with Gasteiger partial charge in [0.15, 0.2) is 5.78 Å². The van der Waals surface area contributed by atoms with Crippen LogP contribution in [-0.4, -0.2) is 20.0 Å². The number of benzene rings is 2. The van der Waals surface area contributed by atoms with Crippen LogP contribution < -0.4 is 5.69 Å². The second-order valence-electron chi connectivity index (χ2n) is 6.21. The van der Waals surface area contributed by atoms with Crippen LogP contribution in [0, 0.1) is 12.7 Å². The second-order valence-corrected chi connectivity index (χ2v) is 6.21. The summed E-state index contributed by atoms with van der Waals surface area (Å²) in [4.78, 5) is 24.1. The van der Waals surface area contributed by atoms with Crippen LogP contribution in [0.15, 0.2) is 59.5 Å². The SMILES string of the molecule is CC(=O)c1ccc(-n2c(C)cn(C[C@@H](O)c3ccc(F)cc3)c2=O)cc1. The van der Waals surface area contributed by atoms with Crippen molar-refractivity contribution in [1.82, 2.24) is 9.13 Å². The lowest BCUT2D eigenvalue weighted by Crippen LogP contribution is -2.25. The highest BCUT2D eigenvalue weighted by Crippen LogP contribution is 2.16. The number of nitrogens with zero attached hydrogens (tertiary/aromatic N) is 2. The monoisotopic (exact) mass is 354 g/mol. The van der Waals surface area contributed by atoms with Crippen molar-refractivity contribution in [2.75, 3.05) is 0 Å². The van der Waals surface area contributed by atoms with Crippen LogP contribution in [0.2, 0.25) is 0 Å². The van der Waals surface area contributed by atoms with Crippen molar-refractivity contribution in [1.29, 1.82) is 0 Å². The highest BCUT2D eigenvalue weighted by Gasteiger charge is 2.15. The predicted octanol–water partition coefficient (Wildman–Crippen LogP) is 3.02. The summed E-state index contributed by atoms with van der Waals surface area (Å²) in [6, 6.07) is 12.3. The molecule has 1 N–H and O–H groups in total. The van der Waals surface area contributed by atoms with Gasteiger partial charge < -0.3 is 5.11 Å². The summed E-state index contributed by atoms with van der Waals surface area (Å²) in [6.45, 7) is 3.34. The molecule has 3 aromatic rings. The summed E-state index contributed by atoms with van der Waals surface area (Å²) in [5, 5.41) is 10.3. The number of aryl methyl sites for hydroxylation is 1. The van der Waals surface area contributed by atoms with Crippen LogP contribution in [0.3, 0.4) is 0 Å². The number of ketones is 1. The number of aliphatic hydroxyl groups excluding tert-OH is 1. The van der Waals surface area contributed by atoms with Gasteiger partial charge in [-0.25, -0.2) is 9.18 Å². The Morgan fingerprint density at radius 1 is 1.12 bits per heavy atom. The van der Waals surface area contributed by atoms with Crippen LogP contribution in [0.4, 0.5) is 4.39 Å². The van der Waals surface area contributed by atoms with Gasteiger partial charge in [0.25, 0.3) is 0 Å². The zero-order valence-corrected chi connectivity index (χ0v) is 14.5. The minimum Gasteiger partial charge on any atom is -0.387 e. The molecule has 0 bridgehead atoms. The molecule has 1 atom stereocenters. The van der Waals surface area contributed by atoms with Gasteiger partial charge in [-0.2, -0.15) is 0 Å². The Hall–Kier alpha value is -2.99. The number of hydrogen-bond acceptors (Lipinski definition) is 3. The highest BCUT2D eigenvalue weighted by atomic mass is 19.1. The summed E-state index contributed by atoms with van der Waals surface area (Å²) in [6.07, 6.45) is 0.733. The number of imidazole rings is 1. The third-order valence-corrected chi connectivity index (χ3v) is 4.29. The van der Waals surface area contributed by atoms with Gasteiger partial charge in [-0.1, -0.05) is 12.1 Å². The fourth-order valence-corrected chi connectivity index (χ4v) is 2.88. The van der Waals surface area contributed by atoms with E-state index in [0.29, 0.717) is 22.5 Å². The maximum atomic E-state index is 13.0. The molecule has 1 heterocycles. The largest absolute Gasteiger partial charge is 0.387 e. The lowest BCUT2D eigenvalue weighted by atomic mass is 10.1. The third-order valence-electron chi connectivity index (χ3n) is 4.29. The molecule has 0 saturated heterocycles. The Labute approximate surface area is 150 Å². The molecule has 0 amide bonds. The average Bonchev–Trinajstić information content (AvgIpc) is 2.89. The first-order valence-corrected chi connectivity index (χ1v) is 8.20. The van der Waals surface area contributed by atoms with Crippen LogP contribution in [0.1, 0.15) is 34.6 Å². The van der Waals surface area contributed by atoms with Crippen LogP contribution >= 0.6 is 0 Å². The van der Waals surface area contributed by atoms with Crippen molar-refractivity contribution in [2.24, 2.45) is 0 Å². The van der Waals surface area contributed by atoms with Crippen molar-refractivity contribution in [3.63, 3.8) is 0 Å². The number of halogens is 1. The molecule has 0 aliphatic carbocycles. The second kappa shape index (κ2) is 7.09. The molecule has 26 heavy (non-hydrogen) atoms. The zero-order chi connectivity index (χ0) is 18.8. The maximum absolute atomic E-state index is 13.0. The van der Waals surface area contributed by atoms with Gasteiger partial charge in [0, 0.05) is 17.5 Å². The summed E-state index contributed by atoms with van der Waals surface area (Å²) >= 11 is 0. The third kappa shape index (κ3) is 3.50. The number of aromatic nitrogens is 2. The van der Waals surface area contributed by atoms with Gasteiger partial charge in [0.1, 0.15) is 5.82 Å². The molecule has 0 saturated carbocycles. The van der Waals surface area contributed by atoms with Gasteiger partial charge in [0.05, 0.1) is 18.3 Å². The molecule has 0 spiro atoms. The molecule has 0 aliphatic rings. The van der Waals surface area contributed by atoms with E-state index in [1.807, 2.05) is 0 Å². The topological polar surface area (TPSA) is 64.2 Å². The maximum Gasteiger partial charge on any atom is 0.333 e. The van der Waals surface area contributed by atoms with Gasteiger partial charge in [-0.05, 0) is 55.8 Å². The molecule has 0 aliphatic heterocycles. The molecule has 2 aromatic carbocycles. The summed E-state index contributed by atoms with van der Waals surface area (Å²) < 4.78 is 15.9. The van der Waals surface area contributed by atoms with E-state index in [-0.39, 0.29) is 23.8 Å². The summed E-state index contributed by atoms with van der Waals surface area (Å²) in [5.41, 5.74) is 2.17. The molecular formula is C20H19FN2O3. The standard InChI is InChI=1S/C20H19FN2O3/c1-13-11-22(12-19(25)16-3-7-17(21)8-4-16)20(26)23(13)18-9-5-15(6-10-18)14(2)24/h3-11,19,25H,12H2,1-2H3/t19-/m1/s1. The molecule has 1 aromatic heterocycles. The highest BCUT2D eigenvalue weighted by molar-refractivity contribution is 5.94. The zero-order valence-electron chi connectivity index (χ0n) is 14.5. The fourth-order valence-electron chi connectivity index (χ4n) is 2.88. The number of hydrogen-bond donors (Lipinski definition) is 1. The molecule has 0 unspecified atom stereocenters. The van der Waals surface area contributed by atoms with E-state index in [0.717, 1.165) is 0 Å². The first-order chi connectivity index (χ1) is 12.4. The summed E-state index contributed by atoms with van der Waals surface area (Å²) in [7, 11) is 0. The Morgan fingerprint density at radius 3 is 2.31 bits per heavy atom. The molecule has 0 fully saturated rings. The van der Waals surface area contributed by atoms with Crippen LogP contribution in [0.5, 0.6) is 0 Å². The van der Waals surface area contributed by atoms with Crippen molar-refractivity contribution in [2.45, 2.75) is 26.5 Å². The van der Waals surface area contributed by atoms with E-state index in [1.165, 1.54) is 40.3 Å². The number of carbonyl (C=O) groups excluding carboxylic acids is 1. The Balaban J connectivity index is 1.89. The van der Waals surface area contributed by atoms with Gasteiger partial charge in [0.2, 0.25) is 0 Å². The Bertz CT molecular complexity index is 985. The van der Waals surface area contributed by atoms with E-state index in [9.17, 15) is 19.1 Å². The van der Waals surface area contributed by atoms with Crippen LogP contribution in [0.25, 0.3) is 5.69 Å². The number of rotatable bonds is 5. The van der Waals surface area contributed by atoms with Crippen molar-refractivity contribution < 1.29 is 14.3 Å². The van der Waals surface area contributed by atoms with Gasteiger partial charge >= 0.3 is 5.69 Å². The summed E-state index contributed by atoms with van der Waals surface area (Å²) in [5.74, 6) is -0.422. The lowest BCUT2D eigenvalue weighted by molar-refractivity contribution is 0.101. The predicted molar refractivity (Wildman–Crippen MR) is 96.1 cm³/mol. The van der Waals surface area contributed by atoms with Gasteiger partial charge in [-0.3, -0.25) is 13.9 Å². The normalized spacial score (nSPS) is 12.2. The van der Waals surface area contributed by atoms with E-state index >= 15 is 0 Å². The molecule has 134 valence electrons. The van der Waals surface area contributed by atoms with Gasteiger partial charge in [-0.15, -0.1) is 0 Å². The quantitative estimate of drug-likeness (QED) is 0.717. The average molecular weight is 354 g/mol. The minimum absolute atomic E-state index is 0.0411. The van der Waals surface area contributed by atoms with Crippen molar-refractivity contribution in [3.8, 4) is 5.69 Å². The molecule has 0 radical (unpaired) electrons. The Morgan fingerprint density at radius 2 is 1.73 bits per heavy atom. The molecule has 5 nitrogen and oxygen atoms in total. The van der Waals surface area contributed by atoms with E-state index in [4.69, 9.17) is 0 Å². The Kier molecular flexibility index (Phi) is 4.86. The number of aliphatic hydroxyl groups is 1. The first kappa shape index (κ1) is 17.8. The van der Waals surface area contributed by atoms with E-state index in [2.05, 4.69) is 0 Å². The number of carbonyl (C=O) groups is 1. The lowest BCUT2D eigenvalue weighted by Gasteiger charge is -2.11. The minimum atomic E-state index is -0.927. The molecular weight excluding hydrogens is 335 g/mol. The van der Waals surface area contributed by atoms with Crippen molar-refractivity contribution >= 4 is 5.78 Å². The smallest absolute Gasteiger partial charge is 0.333 e. The van der Waals surface area contributed by atoms with Crippen molar-refractivity contribution in [3.05, 3.63) is 87.9 Å². The molecule has 3 rings (SSSR count).